The second kappa shape index (κ2) is 7.33. The van der Waals surface area contributed by atoms with Crippen LogP contribution in [0.4, 0.5) is 5.69 Å². The fraction of sp³-hybridized carbons (Fsp3) is 0.0909. The Bertz CT molecular complexity index is 1050. The van der Waals surface area contributed by atoms with Crippen LogP contribution in [0.2, 0.25) is 0 Å². The van der Waals surface area contributed by atoms with Gasteiger partial charge >= 0.3 is 0 Å². The molecule has 0 fully saturated rings. The maximum Gasteiger partial charge on any atom is 0.255 e. The molecule has 5 heteroatoms. The van der Waals surface area contributed by atoms with Crippen molar-refractivity contribution in [3.05, 3.63) is 95.9 Å². The van der Waals surface area contributed by atoms with Crippen LogP contribution in [-0.2, 0) is 6.61 Å². The SMILES string of the molecule is Cc1cccc(NC(=O)c2ccc(OCc3cn4ccccc4n3)cc2)c1. The Morgan fingerprint density at radius 2 is 1.93 bits per heavy atom. The molecule has 1 N–H and O–H groups in total. The van der Waals surface area contributed by atoms with E-state index in [0.29, 0.717) is 17.9 Å². The fourth-order valence-electron chi connectivity index (χ4n) is 2.84. The predicted octanol–water partition coefficient (Wildman–Crippen LogP) is 4.47. The Kier molecular flexibility index (Phi) is 4.58. The Labute approximate surface area is 157 Å². The van der Waals surface area contributed by atoms with Gasteiger partial charge in [-0.2, -0.15) is 0 Å². The van der Waals surface area contributed by atoms with Gasteiger partial charge in [-0.3, -0.25) is 4.79 Å². The van der Waals surface area contributed by atoms with Gasteiger partial charge in [-0.1, -0.05) is 18.2 Å². The van der Waals surface area contributed by atoms with Gasteiger partial charge in [0.1, 0.15) is 18.0 Å². The molecular formula is C22H19N3O2. The normalized spacial score (nSPS) is 10.7. The van der Waals surface area contributed by atoms with Crippen LogP contribution in [0, 0.1) is 6.92 Å². The van der Waals surface area contributed by atoms with E-state index in [1.54, 1.807) is 24.3 Å². The zero-order valence-electron chi connectivity index (χ0n) is 14.9. The van der Waals surface area contributed by atoms with Gasteiger partial charge in [0, 0.05) is 23.6 Å². The van der Waals surface area contributed by atoms with Crippen LogP contribution in [-0.4, -0.2) is 15.3 Å². The van der Waals surface area contributed by atoms with Crippen LogP contribution >= 0.6 is 0 Å². The van der Waals surface area contributed by atoms with Gasteiger partial charge in [-0.25, -0.2) is 4.98 Å². The van der Waals surface area contributed by atoms with E-state index < -0.39 is 0 Å². The van der Waals surface area contributed by atoms with Gasteiger partial charge in [0.05, 0.1) is 5.69 Å². The molecule has 0 saturated heterocycles. The number of benzene rings is 2. The molecule has 0 aliphatic carbocycles. The third-order valence-electron chi connectivity index (χ3n) is 4.19. The van der Waals surface area contributed by atoms with Gasteiger partial charge in [0.25, 0.3) is 5.91 Å². The Morgan fingerprint density at radius 1 is 1.07 bits per heavy atom. The van der Waals surface area contributed by atoms with Crippen LogP contribution in [0.15, 0.2) is 79.1 Å². The highest BCUT2D eigenvalue weighted by molar-refractivity contribution is 6.04. The number of carbonyl (C=O) groups is 1. The largest absolute Gasteiger partial charge is 0.487 e. The van der Waals surface area contributed by atoms with E-state index in [9.17, 15) is 4.79 Å². The van der Waals surface area contributed by atoms with Crippen LogP contribution in [0.25, 0.3) is 5.65 Å². The number of fused-ring (bicyclic) bond motifs is 1. The Balaban J connectivity index is 1.38. The van der Waals surface area contributed by atoms with Crippen molar-refractivity contribution in [1.82, 2.24) is 9.38 Å². The molecule has 0 bridgehead atoms. The molecule has 0 radical (unpaired) electrons. The number of aromatic nitrogens is 2. The summed E-state index contributed by atoms with van der Waals surface area (Å²) in [5.41, 5.74) is 4.20. The van der Waals surface area contributed by atoms with E-state index in [0.717, 1.165) is 22.6 Å². The summed E-state index contributed by atoms with van der Waals surface area (Å²) in [6.07, 6.45) is 3.90. The molecule has 4 rings (SSSR count). The summed E-state index contributed by atoms with van der Waals surface area (Å²) >= 11 is 0. The second-order valence-corrected chi connectivity index (χ2v) is 6.34. The van der Waals surface area contributed by atoms with Gasteiger partial charge in [0.15, 0.2) is 0 Å². The maximum absolute atomic E-state index is 12.4. The molecule has 2 aromatic heterocycles. The molecule has 4 aromatic rings. The topological polar surface area (TPSA) is 55.6 Å². The van der Waals surface area contributed by atoms with Crippen molar-refractivity contribution < 1.29 is 9.53 Å². The molecule has 134 valence electrons. The van der Waals surface area contributed by atoms with Gasteiger partial charge in [-0.05, 0) is 61.0 Å². The minimum Gasteiger partial charge on any atom is -0.487 e. The zero-order chi connectivity index (χ0) is 18.6. The van der Waals surface area contributed by atoms with Crippen molar-refractivity contribution in [1.29, 1.82) is 0 Å². The molecule has 1 amide bonds. The second-order valence-electron chi connectivity index (χ2n) is 6.34. The van der Waals surface area contributed by atoms with E-state index >= 15 is 0 Å². The number of amides is 1. The van der Waals surface area contributed by atoms with E-state index in [1.807, 2.05) is 66.2 Å². The summed E-state index contributed by atoms with van der Waals surface area (Å²) < 4.78 is 7.74. The number of aryl methyl sites for hydroxylation is 1. The molecular weight excluding hydrogens is 338 g/mol. The first-order chi connectivity index (χ1) is 13.2. The number of anilines is 1. The van der Waals surface area contributed by atoms with Crippen molar-refractivity contribution in [2.45, 2.75) is 13.5 Å². The van der Waals surface area contributed by atoms with E-state index in [1.165, 1.54) is 0 Å². The summed E-state index contributed by atoms with van der Waals surface area (Å²) in [5, 5.41) is 2.90. The van der Waals surface area contributed by atoms with Crippen molar-refractivity contribution in [2.24, 2.45) is 0 Å². The summed E-state index contributed by atoms with van der Waals surface area (Å²) in [5.74, 6) is 0.548. The van der Waals surface area contributed by atoms with Crippen LogP contribution in [0.5, 0.6) is 5.75 Å². The fourth-order valence-corrected chi connectivity index (χ4v) is 2.84. The predicted molar refractivity (Wildman–Crippen MR) is 105 cm³/mol. The maximum atomic E-state index is 12.4. The molecule has 2 heterocycles. The third-order valence-corrected chi connectivity index (χ3v) is 4.19. The monoisotopic (exact) mass is 357 g/mol. The van der Waals surface area contributed by atoms with E-state index in [2.05, 4.69) is 10.3 Å². The van der Waals surface area contributed by atoms with Gasteiger partial charge in [-0.15, -0.1) is 0 Å². The molecule has 27 heavy (non-hydrogen) atoms. The first kappa shape index (κ1) is 16.8. The number of hydrogen-bond acceptors (Lipinski definition) is 3. The average molecular weight is 357 g/mol. The molecule has 0 aliphatic rings. The number of hydrogen-bond donors (Lipinski definition) is 1. The summed E-state index contributed by atoms with van der Waals surface area (Å²) in [6, 6.07) is 20.7. The number of pyridine rings is 1. The standard InChI is InChI=1S/C22H19N3O2/c1-16-5-4-6-18(13-16)24-22(26)17-8-10-20(11-9-17)27-15-19-14-25-12-3-2-7-21(25)23-19/h2-14H,15H2,1H3,(H,24,26). The average Bonchev–Trinajstić information content (AvgIpc) is 3.10. The lowest BCUT2D eigenvalue weighted by atomic mass is 10.2. The van der Waals surface area contributed by atoms with Crippen LogP contribution in [0.1, 0.15) is 21.6 Å². The number of carbonyl (C=O) groups excluding carboxylic acids is 1. The smallest absolute Gasteiger partial charge is 0.255 e. The number of rotatable bonds is 5. The first-order valence-corrected chi connectivity index (χ1v) is 8.71. The van der Waals surface area contributed by atoms with Crippen LogP contribution in [0.3, 0.4) is 0 Å². The van der Waals surface area contributed by atoms with E-state index in [-0.39, 0.29) is 5.91 Å². The van der Waals surface area contributed by atoms with Crippen molar-refractivity contribution in [2.75, 3.05) is 5.32 Å². The highest BCUT2D eigenvalue weighted by Crippen LogP contribution is 2.16. The lowest BCUT2D eigenvalue weighted by molar-refractivity contribution is 0.102. The van der Waals surface area contributed by atoms with E-state index in [4.69, 9.17) is 4.74 Å². The summed E-state index contributed by atoms with van der Waals surface area (Å²) in [4.78, 5) is 16.9. The quantitative estimate of drug-likeness (QED) is 0.573. The third kappa shape index (κ3) is 3.98. The molecule has 0 saturated carbocycles. The molecule has 0 atom stereocenters. The molecule has 0 spiro atoms. The molecule has 2 aromatic carbocycles. The lowest BCUT2D eigenvalue weighted by Gasteiger charge is -2.08. The minimum absolute atomic E-state index is 0.146. The van der Waals surface area contributed by atoms with Crippen molar-refractivity contribution in [3.8, 4) is 5.75 Å². The highest BCUT2D eigenvalue weighted by Gasteiger charge is 2.07. The number of nitrogens with one attached hydrogen (secondary N) is 1. The van der Waals surface area contributed by atoms with Gasteiger partial charge in [0.2, 0.25) is 0 Å². The molecule has 0 aliphatic heterocycles. The van der Waals surface area contributed by atoms with Crippen molar-refractivity contribution >= 4 is 17.2 Å². The van der Waals surface area contributed by atoms with Crippen LogP contribution < -0.4 is 10.1 Å². The number of nitrogens with zero attached hydrogens (tertiary/aromatic N) is 2. The Morgan fingerprint density at radius 3 is 2.70 bits per heavy atom. The van der Waals surface area contributed by atoms with Gasteiger partial charge < -0.3 is 14.5 Å². The highest BCUT2D eigenvalue weighted by atomic mass is 16.5. The zero-order valence-corrected chi connectivity index (χ0v) is 14.9. The number of ether oxygens (including phenoxy) is 1. The lowest BCUT2D eigenvalue weighted by Crippen LogP contribution is -2.11. The summed E-state index contributed by atoms with van der Waals surface area (Å²) in [6.45, 7) is 2.36. The molecule has 5 nitrogen and oxygen atoms in total. The number of imidazole rings is 1. The minimum atomic E-state index is -0.146. The first-order valence-electron chi connectivity index (χ1n) is 8.71. The van der Waals surface area contributed by atoms with Crippen molar-refractivity contribution in [3.63, 3.8) is 0 Å². The molecule has 0 unspecified atom stereocenters. The Hall–Kier alpha value is -3.60. The summed E-state index contributed by atoms with van der Waals surface area (Å²) in [7, 11) is 0.